The van der Waals surface area contributed by atoms with Gasteiger partial charge in [-0.3, -0.25) is 0 Å². The van der Waals surface area contributed by atoms with Crippen LogP contribution in [0.15, 0.2) is 10.9 Å². The van der Waals surface area contributed by atoms with E-state index in [1.165, 1.54) is 30.7 Å². The van der Waals surface area contributed by atoms with E-state index in [1.54, 1.807) is 0 Å². The molecule has 0 unspecified atom stereocenters. The predicted octanol–water partition coefficient (Wildman–Crippen LogP) is 1.68. The Morgan fingerprint density at radius 2 is 2.27 bits per heavy atom. The number of hydrogen-bond acceptors (Lipinski definition) is 4. The fourth-order valence-electron chi connectivity index (χ4n) is 1.31. The lowest BCUT2D eigenvalue weighted by Crippen LogP contribution is -2.08. The van der Waals surface area contributed by atoms with Crippen LogP contribution < -0.4 is 0 Å². The third kappa shape index (κ3) is 1.56. The van der Waals surface area contributed by atoms with Gasteiger partial charge in [-0.25, -0.2) is 0 Å². The van der Waals surface area contributed by atoms with E-state index in [-0.39, 0.29) is 0 Å². The summed E-state index contributed by atoms with van der Waals surface area (Å²) in [6.45, 7) is 0. The van der Waals surface area contributed by atoms with Crippen molar-refractivity contribution in [3.63, 3.8) is 0 Å². The average molecular weight is 170 g/mol. The summed E-state index contributed by atoms with van der Waals surface area (Å²) in [6, 6.07) is 0. The van der Waals surface area contributed by atoms with Crippen molar-refractivity contribution in [2.24, 2.45) is 0 Å². The zero-order chi connectivity index (χ0) is 7.52. The van der Waals surface area contributed by atoms with Gasteiger partial charge in [-0.1, -0.05) is 5.16 Å². The molecule has 0 bridgehead atoms. The normalized spacial score (nSPS) is 20.4. The van der Waals surface area contributed by atoms with Gasteiger partial charge in [-0.15, -0.1) is 0 Å². The van der Waals surface area contributed by atoms with Crippen LogP contribution in [-0.2, 0) is 0 Å². The maximum atomic E-state index is 4.70. The van der Waals surface area contributed by atoms with E-state index in [0.29, 0.717) is 5.92 Å². The van der Waals surface area contributed by atoms with Crippen LogP contribution in [0.25, 0.3) is 0 Å². The molecule has 2 heterocycles. The van der Waals surface area contributed by atoms with Crippen molar-refractivity contribution in [1.82, 2.24) is 10.1 Å². The summed E-state index contributed by atoms with van der Waals surface area (Å²) in [5.41, 5.74) is 0. The quantitative estimate of drug-likeness (QED) is 0.642. The summed E-state index contributed by atoms with van der Waals surface area (Å²) >= 11 is 2.01. The van der Waals surface area contributed by atoms with Gasteiger partial charge in [0.2, 0.25) is 6.39 Å². The van der Waals surface area contributed by atoms with E-state index in [0.717, 1.165) is 5.82 Å². The molecule has 4 heteroatoms. The molecular formula is C7H10N2OS. The molecule has 11 heavy (non-hydrogen) atoms. The van der Waals surface area contributed by atoms with Crippen LogP contribution in [0.3, 0.4) is 0 Å². The summed E-state index contributed by atoms with van der Waals surface area (Å²) in [7, 11) is 0. The first-order chi connectivity index (χ1) is 5.47. The second kappa shape index (κ2) is 3.26. The lowest BCUT2D eigenvalue weighted by atomic mass is 10.0. The van der Waals surface area contributed by atoms with E-state index in [4.69, 9.17) is 4.52 Å². The monoisotopic (exact) mass is 170 g/mol. The van der Waals surface area contributed by atoms with Crippen LogP contribution in [0, 0.1) is 0 Å². The summed E-state index contributed by atoms with van der Waals surface area (Å²) in [5.74, 6) is 3.92. The lowest BCUT2D eigenvalue weighted by molar-refractivity contribution is 0.401. The minimum Gasteiger partial charge on any atom is -0.343 e. The van der Waals surface area contributed by atoms with Gasteiger partial charge in [0, 0.05) is 5.92 Å². The first-order valence-electron chi connectivity index (χ1n) is 3.81. The smallest absolute Gasteiger partial charge is 0.213 e. The fraction of sp³-hybridized carbons (Fsp3) is 0.714. The van der Waals surface area contributed by atoms with Gasteiger partial charge in [0.05, 0.1) is 0 Å². The van der Waals surface area contributed by atoms with E-state index in [2.05, 4.69) is 10.1 Å². The molecule has 0 saturated carbocycles. The van der Waals surface area contributed by atoms with Gasteiger partial charge in [-0.2, -0.15) is 16.7 Å². The van der Waals surface area contributed by atoms with Gasteiger partial charge in [0.25, 0.3) is 0 Å². The number of rotatable bonds is 1. The van der Waals surface area contributed by atoms with Crippen molar-refractivity contribution >= 4 is 11.8 Å². The SMILES string of the molecule is c1nc(C2CCSCC2)no1. The minimum atomic E-state index is 0.551. The summed E-state index contributed by atoms with van der Waals surface area (Å²) < 4.78 is 4.70. The third-order valence-corrected chi connectivity index (χ3v) is 3.01. The van der Waals surface area contributed by atoms with Crippen LogP contribution in [0.2, 0.25) is 0 Å². The van der Waals surface area contributed by atoms with Crippen LogP contribution in [0.4, 0.5) is 0 Å². The van der Waals surface area contributed by atoms with Gasteiger partial charge in [-0.05, 0) is 24.3 Å². The molecule has 0 N–H and O–H groups in total. The second-order valence-corrected chi connectivity index (χ2v) is 3.90. The van der Waals surface area contributed by atoms with Crippen LogP contribution in [0.5, 0.6) is 0 Å². The molecule has 0 spiro atoms. The molecule has 1 aliphatic heterocycles. The Bertz CT molecular complexity index is 206. The van der Waals surface area contributed by atoms with Crippen molar-refractivity contribution in [2.45, 2.75) is 18.8 Å². The van der Waals surface area contributed by atoms with E-state index < -0.39 is 0 Å². The molecule has 0 atom stereocenters. The Morgan fingerprint density at radius 3 is 2.91 bits per heavy atom. The largest absolute Gasteiger partial charge is 0.343 e. The summed E-state index contributed by atoms with van der Waals surface area (Å²) in [4.78, 5) is 4.05. The van der Waals surface area contributed by atoms with Crippen molar-refractivity contribution in [3.05, 3.63) is 12.2 Å². The molecule has 1 aromatic heterocycles. The van der Waals surface area contributed by atoms with E-state index >= 15 is 0 Å². The highest BCUT2D eigenvalue weighted by Gasteiger charge is 2.18. The maximum Gasteiger partial charge on any atom is 0.213 e. The zero-order valence-corrected chi connectivity index (χ0v) is 7.01. The molecule has 3 nitrogen and oxygen atoms in total. The first-order valence-corrected chi connectivity index (χ1v) is 4.96. The summed E-state index contributed by atoms with van der Waals surface area (Å²) in [6.07, 6.45) is 3.81. The Balaban J connectivity index is 2.04. The van der Waals surface area contributed by atoms with Crippen LogP contribution in [0.1, 0.15) is 24.6 Å². The topological polar surface area (TPSA) is 38.9 Å². The highest BCUT2D eigenvalue weighted by molar-refractivity contribution is 7.99. The zero-order valence-electron chi connectivity index (χ0n) is 6.19. The molecule has 1 saturated heterocycles. The van der Waals surface area contributed by atoms with Gasteiger partial charge < -0.3 is 4.52 Å². The highest BCUT2D eigenvalue weighted by Crippen LogP contribution is 2.28. The molecular weight excluding hydrogens is 160 g/mol. The van der Waals surface area contributed by atoms with Crippen LogP contribution in [-0.4, -0.2) is 21.6 Å². The molecule has 0 aromatic carbocycles. The molecule has 1 aromatic rings. The average Bonchev–Trinajstić information content (AvgIpc) is 2.58. The molecule has 2 rings (SSSR count). The Hall–Kier alpha value is -0.510. The maximum absolute atomic E-state index is 4.70. The van der Waals surface area contributed by atoms with Crippen molar-refractivity contribution in [3.8, 4) is 0 Å². The lowest BCUT2D eigenvalue weighted by Gasteiger charge is -2.17. The fourth-order valence-corrected chi connectivity index (χ4v) is 2.42. The van der Waals surface area contributed by atoms with Crippen molar-refractivity contribution in [2.75, 3.05) is 11.5 Å². The molecule has 1 aliphatic rings. The third-order valence-electron chi connectivity index (χ3n) is 1.96. The van der Waals surface area contributed by atoms with Crippen LogP contribution >= 0.6 is 11.8 Å². The van der Waals surface area contributed by atoms with E-state index in [1.807, 2.05) is 11.8 Å². The number of aromatic nitrogens is 2. The highest BCUT2D eigenvalue weighted by atomic mass is 32.2. The van der Waals surface area contributed by atoms with Crippen molar-refractivity contribution in [1.29, 1.82) is 0 Å². The molecule has 0 amide bonds. The van der Waals surface area contributed by atoms with Gasteiger partial charge in [0.15, 0.2) is 5.82 Å². The molecule has 60 valence electrons. The number of nitrogens with zero attached hydrogens (tertiary/aromatic N) is 2. The predicted molar refractivity (Wildman–Crippen MR) is 43.6 cm³/mol. The second-order valence-electron chi connectivity index (χ2n) is 2.68. The molecule has 0 aliphatic carbocycles. The Kier molecular flexibility index (Phi) is 2.12. The number of thioether (sulfide) groups is 1. The standard InChI is InChI=1S/C7H10N2OS/c1-3-11-4-2-6(1)7-8-5-10-9-7/h5-6H,1-4H2. The molecule has 0 radical (unpaired) electrons. The minimum absolute atomic E-state index is 0.551. The number of hydrogen-bond donors (Lipinski definition) is 0. The van der Waals surface area contributed by atoms with E-state index in [9.17, 15) is 0 Å². The Labute approximate surface area is 69.6 Å². The van der Waals surface area contributed by atoms with Gasteiger partial charge >= 0.3 is 0 Å². The van der Waals surface area contributed by atoms with Gasteiger partial charge in [0.1, 0.15) is 0 Å². The van der Waals surface area contributed by atoms with Crippen molar-refractivity contribution < 1.29 is 4.52 Å². The Morgan fingerprint density at radius 1 is 1.45 bits per heavy atom. The summed E-state index contributed by atoms with van der Waals surface area (Å²) in [5, 5.41) is 3.84. The first kappa shape index (κ1) is 7.16. The molecule has 1 fully saturated rings.